The van der Waals surface area contributed by atoms with E-state index in [0.717, 1.165) is 0 Å². The van der Waals surface area contributed by atoms with Crippen molar-refractivity contribution in [3.05, 3.63) is 40.4 Å². The first-order valence-corrected chi connectivity index (χ1v) is 6.93. The Bertz CT molecular complexity index is 780. The summed E-state index contributed by atoms with van der Waals surface area (Å²) in [5, 5.41) is 5.57. The van der Waals surface area contributed by atoms with E-state index in [9.17, 15) is 14.4 Å². The third-order valence-corrected chi connectivity index (χ3v) is 3.05. The molecular formula is C15H18N4O3. The number of hydrogen-bond acceptors (Lipinski definition) is 4. The van der Waals surface area contributed by atoms with E-state index in [1.165, 1.54) is 11.6 Å². The Morgan fingerprint density at radius 2 is 1.95 bits per heavy atom. The zero-order chi connectivity index (χ0) is 16.3. The number of nitrogens with zero attached hydrogens (tertiary/aromatic N) is 2. The minimum atomic E-state index is -0.566. The van der Waals surface area contributed by atoms with Crippen molar-refractivity contribution < 1.29 is 9.59 Å². The summed E-state index contributed by atoms with van der Waals surface area (Å²) < 4.78 is 1.18. The van der Waals surface area contributed by atoms with Crippen LogP contribution < -0.4 is 16.2 Å². The Labute approximate surface area is 127 Å². The van der Waals surface area contributed by atoms with Gasteiger partial charge in [0.15, 0.2) is 0 Å². The predicted octanol–water partition coefficient (Wildman–Crippen LogP) is 0.188. The summed E-state index contributed by atoms with van der Waals surface area (Å²) in [6.07, 6.45) is 0. The standard InChI is InChI=1S/C15H18N4O3/c1-9(2)17-12(20)8-16-14(21)13-18-11-7-5-4-6-10(11)15(22)19(13)3/h4-7,9H,8H2,1-3H3,(H,16,21)(H,17,20). The van der Waals surface area contributed by atoms with E-state index in [0.29, 0.717) is 10.9 Å². The summed E-state index contributed by atoms with van der Waals surface area (Å²) in [6, 6.07) is 6.79. The molecule has 1 heterocycles. The van der Waals surface area contributed by atoms with Gasteiger partial charge in [-0.25, -0.2) is 4.98 Å². The lowest BCUT2D eigenvalue weighted by atomic mass is 10.2. The van der Waals surface area contributed by atoms with Gasteiger partial charge in [-0.05, 0) is 26.0 Å². The summed E-state index contributed by atoms with van der Waals surface area (Å²) in [4.78, 5) is 40.1. The van der Waals surface area contributed by atoms with Crippen LogP contribution in [0.2, 0.25) is 0 Å². The lowest BCUT2D eigenvalue weighted by Gasteiger charge is -2.11. The zero-order valence-corrected chi connectivity index (χ0v) is 12.7. The zero-order valence-electron chi connectivity index (χ0n) is 12.7. The minimum absolute atomic E-state index is 0.00690. The highest BCUT2D eigenvalue weighted by atomic mass is 16.2. The highest BCUT2D eigenvalue weighted by molar-refractivity contribution is 5.95. The van der Waals surface area contributed by atoms with Gasteiger partial charge in [0.05, 0.1) is 17.4 Å². The molecule has 0 bridgehead atoms. The molecule has 2 N–H and O–H groups in total. The van der Waals surface area contributed by atoms with Crippen molar-refractivity contribution in [2.45, 2.75) is 19.9 Å². The molecule has 116 valence electrons. The molecular weight excluding hydrogens is 284 g/mol. The minimum Gasteiger partial charge on any atom is -0.352 e. The number of aromatic nitrogens is 2. The molecule has 0 radical (unpaired) electrons. The van der Waals surface area contributed by atoms with E-state index in [4.69, 9.17) is 0 Å². The molecule has 0 atom stereocenters. The number of para-hydroxylation sites is 1. The maximum absolute atomic E-state index is 12.2. The summed E-state index contributed by atoms with van der Waals surface area (Å²) in [6.45, 7) is 3.49. The molecule has 0 saturated carbocycles. The molecule has 7 nitrogen and oxygen atoms in total. The first-order chi connectivity index (χ1) is 10.4. The SMILES string of the molecule is CC(C)NC(=O)CNC(=O)c1nc2ccccc2c(=O)n1C. The van der Waals surface area contributed by atoms with Crippen LogP contribution in [-0.4, -0.2) is 34.0 Å². The van der Waals surface area contributed by atoms with Crippen molar-refractivity contribution >= 4 is 22.7 Å². The monoisotopic (exact) mass is 302 g/mol. The average Bonchev–Trinajstić information content (AvgIpc) is 2.48. The van der Waals surface area contributed by atoms with E-state index in [-0.39, 0.29) is 29.9 Å². The van der Waals surface area contributed by atoms with Crippen molar-refractivity contribution in [3.8, 4) is 0 Å². The van der Waals surface area contributed by atoms with Crippen LogP contribution in [0.3, 0.4) is 0 Å². The molecule has 0 aliphatic heterocycles. The smallest absolute Gasteiger partial charge is 0.287 e. The van der Waals surface area contributed by atoms with Gasteiger partial charge in [-0.15, -0.1) is 0 Å². The highest BCUT2D eigenvalue weighted by Crippen LogP contribution is 2.06. The largest absolute Gasteiger partial charge is 0.352 e. The second-order valence-corrected chi connectivity index (χ2v) is 5.22. The number of benzene rings is 1. The average molecular weight is 302 g/mol. The van der Waals surface area contributed by atoms with Crippen LogP contribution in [0, 0.1) is 0 Å². The Hall–Kier alpha value is -2.70. The molecule has 2 aromatic rings. The number of hydrogen-bond donors (Lipinski definition) is 2. The van der Waals surface area contributed by atoms with Gasteiger partial charge in [0.25, 0.3) is 11.5 Å². The van der Waals surface area contributed by atoms with Gasteiger partial charge in [0.1, 0.15) is 0 Å². The molecule has 2 amide bonds. The number of nitrogens with one attached hydrogen (secondary N) is 2. The van der Waals surface area contributed by atoms with Gasteiger partial charge in [-0.1, -0.05) is 12.1 Å². The van der Waals surface area contributed by atoms with Gasteiger partial charge < -0.3 is 10.6 Å². The van der Waals surface area contributed by atoms with E-state index >= 15 is 0 Å². The molecule has 0 spiro atoms. The first-order valence-electron chi connectivity index (χ1n) is 6.93. The van der Waals surface area contributed by atoms with Gasteiger partial charge >= 0.3 is 0 Å². The van der Waals surface area contributed by atoms with E-state index < -0.39 is 5.91 Å². The summed E-state index contributed by atoms with van der Waals surface area (Å²) in [5.41, 5.74) is 0.143. The van der Waals surface area contributed by atoms with E-state index in [1.807, 2.05) is 13.8 Å². The van der Waals surface area contributed by atoms with Gasteiger partial charge in [-0.2, -0.15) is 0 Å². The van der Waals surface area contributed by atoms with E-state index in [1.54, 1.807) is 24.3 Å². The maximum atomic E-state index is 12.2. The summed E-state index contributed by atoms with van der Waals surface area (Å²) in [5.74, 6) is -0.889. The number of carbonyl (C=O) groups is 2. The van der Waals surface area contributed by atoms with Crippen LogP contribution in [0.5, 0.6) is 0 Å². The quantitative estimate of drug-likeness (QED) is 0.843. The highest BCUT2D eigenvalue weighted by Gasteiger charge is 2.15. The number of fused-ring (bicyclic) bond motifs is 1. The molecule has 22 heavy (non-hydrogen) atoms. The van der Waals surface area contributed by atoms with Crippen molar-refractivity contribution in [1.29, 1.82) is 0 Å². The van der Waals surface area contributed by atoms with Crippen LogP contribution in [0.4, 0.5) is 0 Å². The van der Waals surface area contributed by atoms with Gasteiger partial charge in [0, 0.05) is 13.1 Å². The second kappa shape index (κ2) is 6.38. The molecule has 0 fully saturated rings. The van der Waals surface area contributed by atoms with Crippen molar-refractivity contribution in [2.24, 2.45) is 7.05 Å². The lowest BCUT2D eigenvalue weighted by molar-refractivity contribution is -0.120. The normalized spacial score (nSPS) is 10.7. The van der Waals surface area contributed by atoms with Crippen molar-refractivity contribution in [3.63, 3.8) is 0 Å². The van der Waals surface area contributed by atoms with Crippen molar-refractivity contribution in [2.75, 3.05) is 6.54 Å². The Balaban J connectivity index is 2.23. The van der Waals surface area contributed by atoms with Crippen LogP contribution >= 0.6 is 0 Å². The first kappa shape index (κ1) is 15.7. The van der Waals surface area contributed by atoms with Crippen molar-refractivity contribution in [1.82, 2.24) is 20.2 Å². The molecule has 1 aromatic carbocycles. The maximum Gasteiger partial charge on any atom is 0.287 e. The fourth-order valence-electron chi connectivity index (χ4n) is 2.03. The Morgan fingerprint density at radius 1 is 1.27 bits per heavy atom. The number of carbonyl (C=O) groups excluding carboxylic acids is 2. The Kier molecular flexibility index (Phi) is 4.55. The van der Waals surface area contributed by atoms with Gasteiger partial charge in [-0.3, -0.25) is 19.0 Å². The predicted molar refractivity (Wildman–Crippen MR) is 82.6 cm³/mol. The number of amides is 2. The molecule has 1 aromatic heterocycles. The summed E-state index contributed by atoms with van der Waals surface area (Å²) >= 11 is 0. The molecule has 0 unspecified atom stereocenters. The fraction of sp³-hybridized carbons (Fsp3) is 0.333. The van der Waals surface area contributed by atoms with Crippen LogP contribution in [0.25, 0.3) is 10.9 Å². The molecule has 2 rings (SSSR count). The van der Waals surface area contributed by atoms with Gasteiger partial charge in [0.2, 0.25) is 11.7 Å². The molecule has 7 heteroatoms. The molecule has 0 saturated heterocycles. The van der Waals surface area contributed by atoms with Crippen LogP contribution in [0.1, 0.15) is 24.5 Å². The number of rotatable bonds is 4. The topological polar surface area (TPSA) is 93.1 Å². The fourth-order valence-corrected chi connectivity index (χ4v) is 2.03. The second-order valence-electron chi connectivity index (χ2n) is 5.22. The van der Waals surface area contributed by atoms with Crippen LogP contribution in [-0.2, 0) is 11.8 Å². The third-order valence-electron chi connectivity index (χ3n) is 3.05. The van der Waals surface area contributed by atoms with E-state index in [2.05, 4.69) is 15.6 Å². The Morgan fingerprint density at radius 3 is 2.64 bits per heavy atom. The molecule has 0 aliphatic carbocycles. The summed E-state index contributed by atoms with van der Waals surface area (Å²) in [7, 11) is 1.48. The van der Waals surface area contributed by atoms with Crippen LogP contribution in [0.15, 0.2) is 29.1 Å². The molecule has 0 aliphatic rings. The third kappa shape index (κ3) is 3.30. The lowest BCUT2D eigenvalue weighted by Crippen LogP contribution is -2.41.